The molecule has 88 valence electrons. The maximum Gasteiger partial charge on any atom is 0.141 e. The molecule has 0 aromatic carbocycles. The maximum absolute atomic E-state index is 5.35. The van der Waals surface area contributed by atoms with Crippen molar-refractivity contribution in [3.05, 3.63) is 18.3 Å². The van der Waals surface area contributed by atoms with Gasteiger partial charge in [-0.1, -0.05) is 12.8 Å². The zero-order valence-electron chi connectivity index (χ0n) is 9.82. The molecule has 0 spiro atoms. The molecule has 0 atom stereocenters. The number of nitrogens with one attached hydrogen (secondary N) is 1. The Balaban J connectivity index is 1.98. The molecule has 1 aliphatic rings. The van der Waals surface area contributed by atoms with Gasteiger partial charge in [-0.25, -0.2) is 10.8 Å². The predicted molar refractivity (Wildman–Crippen MR) is 67.3 cm³/mol. The van der Waals surface area contributed by atoms with Crippen LogP contribution in [0.4, 0.5) is 11.5 Å². The summed E-state index contributed by atoms with van der Waals surface area (Å²) >= 11 is 0. The lowest BCUT2D eigenvalue weighted by molar-refractivity contribution is 0.547. The number of hydrogen-bond donors (Lipinski definition) is 2. The van der Waals surface area contributed by atoms with Crippen LogP contribution >= 0.6 is 0 Å². The second-order valence-corrected chi connectivity index (χ2v) is 4.57. The number of nitrogens with two attached hydrogens (primary N) is 1. The summed E-state index contributed by atoms with van der Waals surface area (Å²) in [5.41, 5.74) is 3.75. The number of hydrazine groups is 1. The van der Waals surface area contributed by atoms with E-state index in [-0.39, 0.29) is 0 Å². The van der Waals surface area contributed by atoms with E-state index in [0.29, 0.717) is 0 Å². The van der Waals surface area contributed by atoms with Crippen LogP contribution in [0.3, 0.4) is 0 Å². The van der Waals surface area contributed by atoms with Crippen molar-refractivity contribution >= 4 is 11.5 Å². The van der Waals surface area contributed by atoms with Crippen molar-refractivity contribution in [3.8, 4) is 0 Å². The minimum Gasteiger partial charge on any atom is -0.374 e. The summed E-state index contributed by atoms with van der Waals surface area (Å²) in [6.07, 6.45) is 7.32. The van der Waals surface area contributed by atoms with Gasteiger partial charge < -0.3 is 10.3 Å². The van der Waals surface area contributed by atoms with Crippen LogP contribution in [-0.4, -0.2) is 18.6 Å². The first-order valence-electron chi connectivity index (χ1n) is 5.93. The Morgan fingerprint density at radius 3 is 2.94 bits per heavy atom. The number of aromatic nitrogens is 1. The van der Waals surface area contributed by atoms with Crippen molar-refractivity contribution in [2.75, 3.05) is 23.9 Å². The van der Waals surface area contributed by atoms with E-state index >= 15 is 0 Å². The molecule has 0 aliphatic heterocycles. The van der Waals surface area contributed by atoms with Crippen LogP contribution in [0.5, 0.6) is 0 Å². The largest absolute Gasteiger partial charge is 0.374 e. The van der Waals surface area contributed by atoms with Gasteiger partial charge in [0.2, 0.25) is 0 Å². The van der Waals surface area contributed by atoms with E-state index in [1.165, 1.54) is 31.4 Å². The zero-order chi connectivity index (χ0) is 11.4. The number of rotatable bonds is 4. The molecular formula is C12H20N4. The molecule has 16 heavy (non-hydrogen) atoms. The van der Waals surface area contributed by atoms with E-state index in [2.05, 4.69) is 22.4 Å². The van der Waals surface area contributed by atoms with Gasteiger partial charge in [0.1, 0.15) is 5.82 Å². The summed E-state index contributed by atoms with van der Waals surface area (Å²) in [6.45, 7) is 1.13. The number of anilines is 2. The number of pyridine rings is 1. The highest BCUT2D eigenvalue weighted by atomic mass is 15.2. The standard InChI is InChI=1S/C12H20N4/c1-16(9-10-4-2-3-5-10)11-6-7-14-12(8-11)15-13/h6-8,10H,2-5,9,13H2,1H3,(H,14,15). The number of hydrogen-bond acceptors (Lipinski definition) is 4. The Kier molecular flexibility index (Phi) is 3.62. The zero-order valence-corrected chi connectivity index (χ0v) is 9.82. The molecule has 0 saturated heterocycles. The Bertz CT molecular complexity index is 334. The first kappa shape index (κ1) is 11.2. The Labute approximate surface area is 96.8 Å². The third-order valence-corrected chi connectivity index (χ3v) is 3.34. The maximum atomic E-state index is 5.35. The Morgan fingerprint density at radius 1 is 1.50 bits per heavy atom. The van der Waals surface area contributed by atoms with E-state index in [1.807, 2.05) is 12.1 Å². The van der Waals surface area contributed by atoms with Gasteiger partial charge in [0, 0.05) is 31.5 Å². The summed E-state index contributed by atoms with van der Waals surface area (Å²) in [7, 11) is 2.13. The summed E-state index contributed by atoms with van der Waals surface area (Å²) in [6, 6.07) is 4.00. The third-order valence-electron chi connectivity index (χ3n) is 3.34. The summed E-state index contributed by atoms with van der Waals surface area (Å²) in [4.78, 5) is 6.40. The van der Waals surface area contributed by atoms with E-state index in [0.717, 1.165) is 18.3 Å². The molecule has 4 nitrogen and oxygen atoms in total. The fourth-order valence-corrected chi connectivity index (χ4v) is 2.42. The number of nitrogen functional groups attached to an aromatic ring is 1. The van der Waals surface area contributed by atoms with Gasteiger partial charge in [0.15, 0.2) is 0 Å². The van der Waals surface area contributed by atoms with E-state index in [9.17, 15) is 0 Å². The van der Waals surface area contributed by atoms with Crippen molar-refractivity contribution in [3.63, 3.8) is 0 Å². The van der Waals surface area contributed by atoms with Gasteiger partial charge in [-0.3, -0.25) is 0 Å². The third kappa shape index (κ3) is 2.64. The lowest BCUT2D eigenvalue weighted by Gasteiger charge is -2.23. The second kappa shape index (κ2) is 5.16. The first-order valence-corrected chi connectivity index (χ1v) is 5.93. The van der Waals surface area contributed by atoms with Crippen LogP contribution in [0.15, 0.2) is 18.3 Å². The first-order chi connectivity index (χ1) is 7.79. The molecule has 1 fully saturated rings. The quantitative estimate of drug-likeness (QED) is 0.602. The summed E-state index contributed by atoms with van der Waals surface area (Å²) in [5, 5.41) is 0. The van der Waals surface area contributed by atoms with Crippen molar-refractivity contribution in [2.24, 2.45) is 11.8 Å². The molecule has 2 rings (SSSR count). The van der Waals surface area contributed by atoms with E-state index in [4.69, 9.17) is 5.84 Å². The van der Waals surface area contributed by atoms with E-state index < -0.39 is 0 Å². The second-order valence-electron chi connectivity index (χ2n) is 4.57. The van der Waals surface area contributed by atoms with Gasteiger partial charge in [-0.05, 0) is 24.8 Å². The predicted octanol–water partition coefficient (Wildman–Crippen LogP) is 1.99. The molecule has 1 saturated carbocycles. The van der Waals surface area contributed by atoms with Crippen LogP contribution < -0.4 is 16.2 Å². The van der Waals surface area contributed by atoms with Crippen LogP contribution in [0.2, 0.25) is 0 Å². The van der Waals surface area contributed by atoms with Crippen molar-refractivity contribution < 1.29 is 0 Å². The van der Waals surface area contributed by atoms with Gasteiger partial charge >= 0.3 is 0 Å². The van der Waals surface area contributed by atoms with Crippen LogP contribution in [-0.2, 0) is 0 Å². The Hall–Kier alpha value is -1.29. The molecule has 1 aliphatic carbocycles. The highest BCUT2D eigenvalue weighted by molar-refractivity contribution is 5.52. The lowest BCUT2D eigenvalue weighted by Crippen LogP contribution is -2.24. The average Bonchev–Trinajstić information content (AvgIpc) is 2.82. The molecule has 4 heteroatoms. The summed E-state index contributed by atoms with van der Waals surface area (Å²) in [5.74, 6) is 6.92. The minimum atomic E-state index is 0.718. The van der Waals surface area contributed by atoms with Crippen molar-refractivity contribution in [2.45, 2.75) is 25.7 Å². The molecule has 0 amide bonds. The summed E-state index contributed by atoms with van der Waals surface area (Å²) < 4.78 is 0. The van der Waals surface area contributed by atoms with Gasteiger partial charge in [0.05, 0.1) is 0 Å². The molecule has 0 radical (unpaired) electrons. The van der Waals surface area contributed by atoms with Crippen LogP contribution in [0, 0.1) is 5.92 Å². The van der Waals surface area contributed by atoms with Crippen molar-refractivity contribution in [1.29, 1.82) is 0 Å². The monoisotopic (exact) mass is 220 g/mol. The fraction of sp³-hybridized carbons (Fsp3) is 0.583. The molecule has 1 aromatic heterocycles. The average molecular weight is 220 g/mol. The Morgan fingerprint density at radius 2 is 2.25 bits per heavy atom. The normalized spacial score (nSPS) is 16.4. The molecule has 1 aromatic rings. The molecule has 0 bridgehead atoms. The smallest absolute Gasteiger partial charge is 0.141 e. The van der Waals surface area contributed by atoms with Gasteiger partial charge in [-0.15, -0.1) is 0 Å². The SMILES string of the molecule is CN(CC1CCCC1)c1ccnc(NN)c1. The van der Waals surface area contributed by atoms with Gasteiger partial charge in [-0.2, -0.15) is 0 Å². The van der Waals surface area contributed by atoms with Crippen molar-refractivity contribution in [1.82, 2.24) is 4.98 Å². The lowest BCUT2D eigenvalue weighted by atomic mass is 10.1. The number of nitrogens with zero attached hydrogens (tertiary/aromatic N) is 2. The van der Waals surface area contributed by atoms with Crippen LogP contribution in [0.1, 0.15) is 25.7 Å². The molecule has 1 heterocycles. The van der Waals surface area contributed by atoms with Crippen LogP contribution in [0.25, 0.3) is 0 Å². The fourth-order valence-electron chi connectivity index (χ4n) is 2.42. The van der Waals surface area contributed by atoms with E-state index in [1.54, 1.807) is 6.20 Å². The highest BCUT2D eigenvalue weighted by Gasteiger charge is 2.17. The molecular weight excluding hydrogens is 200 g/mol. The molecule has 0 unspecified atom stereocenters. The topological polar surface area (TPSA) is 54.2 Å². The minimum absolute atomic E-state index is 0.718. The van der Waals surface area contributed by atoms with Gasteiger partial charge in [0.25, 0.3) is 0 Å². The highest BCUT2D eigenvalue weighted by Crippen LogP contribution is 2.27. The molecule has 3 N–H and O–H groups in total.